The maximum Gasteiger partial charge on any atom is 0.205 e. The molecule has 20 heavy (non-hydrogen) atoms. The van der Waals surface area contributed by atoms with Crippen molar-refractivity contribution >= 4 is 16.7 Å². The van der Waals surface area contributed by atoms with Crippen molar-refractivity contribution in [2.75, 3.05) is 18.0 Å². The second-order valence-electron chi connectivity index (χ2n) is 5.95. The van der Waals surface area contributed by atoms with Gasteiger partial charge in [0.1, 0.15) is 5.82 Å². The van der Waals surface area contributed by atoms with E-state index in [1.165, 1.54) is 24.8 Å². The lowest BCUT2D eigenvalue weighted by Crippen LogP contribution is -2.21. The van der Waals surface area contributed by atoms with Crippen molar-refractivity contribution in [3.8, 4) is 0 Å². The summed E-state index contributed by atoms with van der Waals surface area (Å²) in [7, 11) is 0. The zero-order chi connectivity index (χ0) is 13.5. The molecule has 6 heteroatoms. The summed E-state index contributed by atoms with van der Waals surface area (Å²) in [6.07, 6.45) is 9.08. The summed E-state index contributed by atoms with van der Waals surface area (Å²) in [5.74, 6) is 1.71. The Morgan fingerprint density at radius 2 is 2.20 bits per heavy atom. The van der Waals surface area contributed by atoms with Crippen LogP contribution in [-0.2, 0) is 0 Å². The molecule has 2 aromatic heterocycles. The Morgan fingerprint density at radius 3 is 2.90 bits per heavy atom. The van der Waals surface area contributed by atoms with E-state index in [1.807, 2.05) is 6.20 Å². The lowest BCUT2D eigenvalue weighted by molar-refractivity contribution is 0.405. The van der Waals surface area contributed by atoms with Crippen molar-refractivity contribution < 1.29 is 0 Å². The second kappa shape index (κ2) is 4.84. The first-order chi connectivity index (χ1) is 9.79. The van der Waals surface area contributed by atoms with Gasteiger partial charge in [0.25, 0.3) is 0 Å². The van der Waals surface area contributed by atoms with Crippen LogP contribution in [0.3, 0.4) is 0 Å². The molecule has 2 aliphatic rings. The van der Waals surface area contributed by atoms with Crippen LogP contribution in [0.25, 0.3) is 0 Å². The number of anilines is 1. The van der Waals surface area contributed by atoms with Crippen LogP contribution in [0.1, 0.15) is 49.0 Å². The molecular formula is C14H19N5S. The smallest absolute Gasteiger partial charge is 0.205 e. The number of nitrogens with zero attached hydrogens (tertiary/aromatic N) is 5. The molecule has 106 valence electrons. The first-order valence-corrected chi connectivity index (χ1v) is 8.16. The molecule has 0 N–H and O–H groups in total. The fourth-order valence-corrected chi connectivity index (χ4v) is 3.73. The topological polar surface area (TPSA) is 46.8 Å². The second-order valence-corrected chi connectivity index (χ2v) is 6.68. The van der Waals surface area contributed by atoms with Gasteiger partial charge in [0, 0.05) is 36.7 Å². The molecule has 5 nitrogen and oxygen atoms in total. The van der Waals surface area contributed by atoms with Gasteiger partial charge in [0.05, 0.1) is 12.2 Å². The third kappa shape index (κ3) is 2.12. The summed E-state index contributed by atoms with van der Waals surface area (Å²) in [4.78, 5) is 7.11. The predicted molar refractivity (Wildman–Crippen MR) is 79.3 cm³/mol. The number of hydrogen-bond donors (Lipinski definition) is 0. The number of aryl methyl sites for hydroxylation is 1. The lowest BCUT2D eigenvalue weighted by Gasteiger charge is -2.22. The normalized spacial score (nSPS) is 23.2. The molecule has 0 spiro atoms. The first-order valence-electron chi connectivity index (χ1n) is 7.39. The molecule has 3 heterocycles. The lowest BCUT2D eigenvalue weighted by atomic mass is 9.85. The van der Waals surface area contributed by atoms with Crippen molar-refractivity contribution in [3.05, 3.63) is 23.8 Å². The van der Waals surface area contributed by atoms with Gasteiger partial charge >= 0.3 is 0 Å². The third-order valence-corrected chi connectivity index (χ3v) is 5.23. The van der Waals surface area contributed by atoms with Crippen LogP contribution in [0.5, 0.6) is 0 Å². The molecule has 2 fully saturated rings. The average molecular weight is 289 g/mol. The number of aromatic nitrogens is 4. The minimum absolute atomic E-state index is 0.472. The summed E-state index contributed by atoms with van der Waals surface area (Å²) >= 11 is 1.56. The quantitative estimate of drug-likeness (QED) is 0.871. The molecule has 0 radical (unpaired) electrons. The van der Waals surface area contributed by atoms with Crippen LogP contribution in [0.15, 0.2) is 12.4 Å². The van der Waals surface area contributed by atoms with Crippen LogP contribution in [-0.4, -0.2) is 32.2 Å². The van der Waals surface area contributed by atoms with E-state index in [4.69, 9.17) is 4.98 Å². The maximum absolute atomic E-state index is 4.75. The summed E-state index contributed by atoms with van der Waals surface area (Å²) in [5.41, 5.74) is 1.23. The van der Waals surface area contributed by atoms with Gasteiger partial charge in [-0.1, -0.05) is 6.42 Å². The van der Waals surface area contributed by atoms with Crippen molar-refractivity contribution in [1.82, 2.24) is 19.1 Å². The molecule has 0 aromatic carbocycles. The highest BCUT2D eigenvalue weighted by Crippen LogP contribution is 2.37. The summed E-state index contributed by atoms with van der Waals surface area (Å²) in [6.45, 7) is 4.15. The van der Waals surface area contributed by atoms with E-state index in [9.17, 15) is 0 Å². The van der Waals surface area contributed by atoms with Gasteiger partial charge < -0.3 is 4.90 Å². The summed E-state index contributed by atoms with van der Waals surface area (Å²) in [5, 5.41) is 5.53. The molecule has 1 atom stereocenters. The summed E-state index contributed by atoms with van der Waals surface area (Å²) < 4.78 is 6.65. The SMILES string of the molecule is Cc1cnn(C2CCN(c3nc(C4CCC4)ns3)C2)c1. The maximum atomic E-state index is 4.75. The predicted octanol–water partition coefficient (Wildman–Crippen LogP) is 2.76. The van der Waals surface area contributed by atoms with E-state index in [1.54, 1.807) is 11.5 Å². The molecule has 0 bridgehead atoms. The highest BCUT2D eigenvalue weighted by molar-refractivity contribution is 7.09. The largest absolute Gasteiger partial charge is 0.345 e. The molecule has 1 unspecified atom stereocenters. The van der Waals surface area contributed by atoms with E-state index in [0.717, 1.165) is 30.5 Å². The Balaban J connectivity index is 1.46. The standard InChI is InChI=1S/C14H19N5S/c1-10-7-15-19(8-10)12-5-6-18(9-12)14-16-13(17-20-14)11-3-2-4-11/h7-8,11-12H,2-6,9H2,1H3. The van der Waals surface area contributed by atoms with E-state index in [-0.39, 0.29) is 0 Å². The van der Waals surface area contributed by atoms with Gasteiger partial charge in [-0.2, -0.15) is 9.47 Å². The van der Waals surface area contributed by atoms with Crippen molar-refractivity contribution in [2.24, 2.45) is 0 Å². The third-order valence-electron chi connectivity index (χ3n) is 4.44. The van der Waals surface area contributed by atoms with E-state index < -0.39 is 0 Å². The minimum Gasteiger partial charge on any atom is -0.345 e. The molecule has 1 aliphatic carbocycles. The van der Waals surface area contributed by atoms with Gasteiger partial charge in [0.2, 0.25) is 5.13 Å². The molecular weight excluding hydrogens is 270 g/mol. The molecule has 4 rings (SSSR count). The Hall–Kier alpha value is -1.43. The van der Waals surface area contributed by atoms with Gasteiger partial charge in [-0.05, 0) is 31.7 Å². The van der Waals surface area contributed by atoms with Crippen LogP contribution >= 0.6 is 11.5 Å². The molecule has 1 saturated heterocycles. The molecule has 2 aromatic rings. The Labute approximate surface area is 122 Å². The van der Waals surface area contributed by atoms with Crippen LogP contribution in [0.2, 0.25) is 0 Å². The van der Waals surface area contributed by atoms with Crippen molar-refractivity contribution in [3.63, 3.8) is 0 Å². The van der Waals surface area contributed by atoms with Crippen molar-refractivity contribution in [1.29, 1.82) is 0 Å². The Kier molecular flexibility index (Phi) is 2.98. The zero-order valence-corrected chi connectivity index (χ0v) is 12.5. The van der Waals surface area contributed by atoms with Gasteiger partial charge in [-0.25, -0.2) is 4.98 Å². The van der Waals surface area contributed by atoms with E-state index >= 15 is 0 Å². The van der Waals surface area contributed by atoms with Crippen LogP contribution < -0.4 is 4.90 Å². The van der Waals surface area contributed by atoms with Crippen molar-refractivity contribution in [2.45, 2.75) is 44.6 Å². The monoisotopic (exact) mass is 289 g/mol. The fourth-order valence-electron chi connectivity index (χ4n) is 2.95. The fraction of sp³-hybridized carbons (Fsp3) is 0.643. The van der Waals surface area contributed by atoms with Gasteiger partial charge in [0.15, 0.2) is 0 Å². The van der Waals surface area contributed by atoms with Crippen LogP contribution in [0.4, 0.5) is 5.13 Å². The first kappa shape index (κ1) is 12.3. The Bertz CT molecular complexity index is 600. The number of hydrogen-bond acceptors (Lipinski definition) is 5. The highest BCUT2D eigenvalue weighted by atomic mass is 32.1. The van der Waals surface area contributed by atoms with E-state index in [2.05, 4.69) is 32.2 Å². The Morgan fingerprint density at radius 1 is 1.30 bits per heavy atom. The van der Waals surface area contributed by atoms with Gasteiger partial charge in [-0.15, -0.1) is 0 Å². The highest BCUT2D eigenvalue weighted by Gasteiger charge is 2.29. The minimum atomic E-state index is 0.472. The zero-order valence-electron chi connectivity index (χ0n) is 11.7. The molecule has 0 amide bonds. The van der Waals surface area contributed by atoms with Gasteiger partial charge in [-0.3, -0.25) is 4.68 Å². The van der Waals surface area contributed by atoms with Crippen LogP contribution in [0, 0.1) is 6.92 Å². The summed E-state index contributed by atoms with van der Waals surface area (Å²) in [6, 6.07) is 0.472. The average Bonchev–Trinajstić information content (AvgIpc) is 3.04. The van der Waals surface area contributed by atoms with E-state index in [0.29, 0.717) is 12.0 Å². The molecule has 1 saturated carbocycles. The molecule has 1 aliphatic heterocycles. The number of rotatable bonds is 3.